The van der Waals surface area contributed by atoms with Crippen molar-refractivity contribution < 1.29 is 14.3 Å². The number of hydrogen-bond acceptors (Lipinski definition) is 6. The standard InChI is InChI=1S/C13H21N3O3/c1-5-19-12-8-14-7-11(16-12)15-10(6-9(2)3)13(17)18-4/h7-10H,5-6H2,1-4H3,(H,15,16). The van der Waals surface area contributed by atoms with Crippen LogP contribution in [0, 0.1) is 5.92 Å². The molecule has 0 aromatic carbocycles. The first kappa shape index (κ1) is 15.2. The van der Waals surface area contributed by atoms with Gasteiger partial charge in [-0.3, -0.25) is 4.98 Å². The second-order valence-corrected chi connectivity index (χ2v) is 4.53. The molecule has 0 aliphatic carbocycles. The predicted octanol–water partition coefficient (Wildman–Crippen LogP) is 1.87. The minimum Gasteiger partial charge on any atom is -0.477 e. The summed E-state index contributed by atoms with van der Waals surface area (Å²) in [6.45, 7) is 6.47. The second kappa shape index (κ2) is 7.56. The number of carbonyl (C=O) groups excluding carboxylic acids is 1. The average molecular weight is 267 g/mol. The number of esters is 1. The van der Waals surface area contributed by atoms with Crippen LogP contribution in [0.2, 0.25) is 0 Å². The van der Waals surface area contributed by atoms with Crippen LogP contribution in [0.1, 0.15) is 27.2 Å². The molecular weight excluding hydrogens is 246 g/mol. The summed E-state index contributed by atoms with van der Waals surface area (Å²) in [5, 5.41) is 3.03. The van der Waals surface area contributed by atoms with E-state index in [-0.39, 0.29) is 5.97 Å². The molecule has 0 fully saturated rings. The van der Waals surface area contributed by atoms with Crippen molar-refractivity contribution in [2.45, 2.75) is 33.2 Å². The maximum atomic E-state index is 11.7. The van der Waals surface area contributed by atoms with Crippen LogP contribution < -0.4 is 10.1 Å². The lowest BCUT2D eigenvalue weighted by atomic mass is 10.0. The van der Waals surface area contributed by atoms with Crippen LogP contribution >= 0.6 is 0 Å². The first-order valence-corrected chi connectivity index (χ1v) is 6.36. The minimum absolute atomic E-state index is 0.308. The summed E-state index contributed by atoms with van der Waals surface area (Å²) in [6.07, 6.45) is 3.75. The van der Waals surface area contributed by atoms with Gasteiger partial charge >= 0.3 is 5.97 Å². The molecule has 106 valence electrons. The van der Waals surface area contributed by atoms with E-state index in [1.165, 1.54) is 13.3 Å². The highest BCUT2D eigenvalue weighted by atomic mass is 16.5. The third-order valence-corrected chi connectivity index (χ3v) is 2.42. The van der Waals surface area contributed by atoms with E-state index in [1.807, 2.05) is 20.8 Å². The molecule has 1 atom stereocenters. The number of carbonyl (C=O) groups is 1. The predicted molar refractivity (Wildman–Crippen MR) is 72.1 cm³/mol. The Morgan fingerprint density at radius 2 is 2.16 bits per heavy atom. The van der Waals surface area contributed by atoms with Crippen molar-refractivity contribution in [2.24, 2.45) is 5.92 Å². The maximum Gasteiger partial charge on any atom is 0.328 e. The quantitative estimate of drug-likeness (QED) is 0.760. The fourth-order valence-electron chi connectivity index (χ4n) is 1.64. The highest BCUT2D eigenvalue weighted by Crippen LogP contribution is 2.14. The molecule has 0 saturated heterocycles. The van der Waals surface area contributed by atoms with Crippen molar-refractivity contribution in [2.75, 3.05) is 19.0 Å². The van der Waals surface area contributed by atoms with Gasteiger partial charge in [-0.1, -0.05) is 13.8 Å². The zero-order valence-corrected chi connectivity index (χ0v) is 11.8. The Hall–Kier alpha value is -1.85. The number of ether oxygens (including phenoxy) is 2. The lowest BCUT2D eigenvalue weighted by molar-refractivity contribution is -0.141. The molecule has 0 bridgehead atoms. The number of anilines is 1. The molecule has 1 aromatic rings. The number of nitrogens with one attached hydrogen (secondary N) is 1. The smallest absolute Gasteiger partial charge is 0.328 e. The topological polar surface area (TPSA) is 73.3 Å². The highest BCUT2D eigenvalue weighted by molar-refractivity contribution is 5.78. The first-order chi connectivity index (χ1) is 9.06. The molecule has 1 unspecified atom stereocenters. The van der Waals surface area contributed by atoms with Crippen molar-refractivity contribution >= 4 is 11.8 Å². The summed E-state index contributed by atoms with van der Waals surface area (Å²) in [5.74, 6) is 0.986. The normalized spacial score (nSPS) is 12.1. The fraction of sp³-hybridized carbons (Fsp3) is 0.615. The van der Waals surface area contributed by atoms with Gasteiger partial charge in [0.25, 0.3) is 0 Å². The van der Waals surface area contributed by atoms with Gasteiger partial charge in [-0.25, -0.2) is 4.79 Å². The van der Waals surface area contributed by atoms with E-state index in [1.54, 1.807) is 6.20 Å². The van der Waals surface area contributed by atoms with Crippen LogP contribution in [0.15, 0.2) is 12.4 Å². The largest absolute Gasteiger partial charge is 0.477 e. The van der Waals surface area contributed by atoms with Gasteiger partial charge < -0.3 is 14.8 Å². The Morgan fingerprint density at radius 1 is 1.42 bits per heavy atom. The molecule has 6 nitrogen and oxygen atoms in total. The van der Waals surface area contributed by atoms with Crippen molar-refractivity contribution in [3.05, 3.63) is 12.4 Å². The van der Waals surface area contributed by atoms with Crippen LogP contribution in [0.3, 0.4) is 0 Å². The summed E-state index contributed by atoms with van der Waals surface area (Å²) in [6, 6.07) is -0.434. The van der Waals surface area contributed by atoms with Crippen LogP contribution in [0.25, 0.3) is 0 Å². The molecule has 0 spiro atoms. The lowest BCUT2D eigenvalue weighted by Crippen LogP contribution is -2.32. The molecule has 19 heavy (non-hydrogen) atoms. The fourth-order valence-corrected chi connectivity index (χ4v) is 1.64. The van der Waals surface area contributed by atoms with Crippen LogP contribution in [-0.4, -0.2) is 35.7 Å². The molecule has 0 radical (unpaired) electrons. The van der Waals surface area contributed by atoms with E-state index in [0.29, 0.717) is 30.6 Å². The third-order valence-electron chi connectivity index (χ3n) is 2.42. The first-order valence-electron chi connectivity index (χ1n) is 6.36. The Morgan fingerprint density at radius 3 is 2.74 bits per heavy atom. The number of hydrogen-bond donors (Lipinski definition) is 1. The molecule has 1 aromatic heterocycles. The van der Waals surface area contributed by atoms with Crippen molar-refractivity contribution in [3.8, 4) is 5.88 Å². The number of methoxy groups -OCH3 is 1. The molecule has 0 amide bonds. The van der Waals surface area contributed by atoms with E-state index >= 15 is 0 Å². The van der Waals surface area contributed by atoms with E-state index in [0.717, 1.165) is 0 Å². The third kappa shape index (κ3) is 5.11. The molecule has 0 aliphatic heterocycles. The zero-order chi connectivity index (χ0) is 14.3. The highest BCUT2D eigenvalue weighted by Gasteiger charge is 2.21. The molecular formula is C13H21N3O3. The molecule has 6 heteroatoms. The van der Waals surface area contributed by atoms with Crippen LogP contribution in [0.4, 0.5) is 5.82 Å². The van der Waals surface area contributed by atoms with Gasteiger partial charge in [-0.2, -0.15) is 4.98 Å². The lowest BCUT2D eigenvalue weighted by Gasteiger charge is -2.18. The van der Waals surface area contributed by atoms with Gasteiger partial charge in [0, 0.05) is 0 Å². The molecule has 1 rings (SSSR count). The van der Waals surface area contributed by atoms with Gasteiger partial charge in [0.1, 0.15) is 11.9 Å². The molecule has 1 N–H and O–H groups in total. The van der Waals surface area contributed by atoms with Gasteiger partial charge in [-0.05, 0) is 19.3 Å². The van der Waals surface area contributed by atoms with E-state index in [9.17, 15) is 4.79 Å². The SMILES string of the molecule is CCOc1cncc(NC(CC(C)C)C(=O)OC)n1. The molecule has 1 heterocycles. The van der Waals surface area contributed by atoms with Gasteiger partial charge in [0.2, 0.25) is 5.88 Å². The number of rotatable bonds is 7. The average Bonchev–Trinajstić information content (AvgIpc) is 2.37. The Balaban J connectivity index is 2.77. The summed E-state index contributed by atoms with van der Waals surface area (Å²) in [4.78, 5) is 19.9. The van der Waals surface area contributed by atoms with Gasteiger partial charge in [-0.15, -0.1) is 0 Å². The van der Waals surface area contributed by atoms with E-state index in [4.69, 9.17) is 9.47 Å². The van der Waals surface area contributed by atoms with E-state index in [2.05, 4.69) is 15.3 Å². The van der Waals surface area contributed by atoms with Gasteiger partial charge in [0.05, 0.1) is 26.1 Å². The van der Waals surface area contributed by atoms with Crippen molar-refractivity contribution in [1.82, 2.24) is 9.97 Å². The monoisotopic (exact) mass is 267 g/mol. The minimum atomic E-state index is -0.434. The van der Waals surface area contributed by atoms with Crippen molar-refractivity contribution in [3.63, 3.8) is 0 Å². The Labute approximate surface area is 113 Å². The molecule has 0 aliphatic rings. The molecule has 0 saturated carbocycles. The Bertz CT molecular complexity index is 410. The van der Waals surface area contributed by atoms with Crippen molar-refractivity contribution in [1.29, 1.82) is 0 Å². The van der Waals surface area contributed by atoms with E-state index < -0.39 is 6.04 Å². The van der Waals surface area contributed by atoms with Crippen LogP contribution in [-0.2, 0) is 9.53 Å². The maximum absolute atomic E-state index is 11.7. The Kier molecular flexibility index (Phi) is 6.05. The van der Waals surface area contributed by atoms with Gasteiger partial charge in [0.15, 0.2) is 0 Å². The summed E-state index contributed by atoms with van der Waals surface area (Å²) in [5.41, 5.74) is 0. The van der Waals surface area contributed by atoms with Crippen LogP contribution in [0.5, 0.6) is 5.88 Å². The summed E-state index contributed by atoms with van der Waals surface area (Å²) < 4.78 is 10.0. The summed E-state index contributed by atoms with van der Waals surface area (Å²) in [7, 11) is 1.37. The summed E-state index contributed by atoms with van der Waals surface area (Å²) >= 11 is 0. The number of nitrogens with zero attached hydrogens (tertiary/aromatic N) is 2. The zero-order valence-electron chi connectivity index (χ0n) is 11.8. The second-order valence-electron chi connectivity index (χ2n) is 4.53. The number of aromatic nitrogens is 2.